The summed E-state index contributed by atoms with van der Waals surface area (Å²) in [5.74, 6) is -4.59. The number of esters is 1. The molecule has 0 saturated heterocycles. The van der Waals surface area contributed by atoms with E-state index in [1.165, 1.54) is 0 Å². The molecule has 0 N–H and O–H groups in total. The second-order valence-electron chi connectivity index (χ2n) is 6.59. The topological polar surface area (TPSA) is 26.3 Å². The smallest absolute Gasteiger partial charge is 0.370 e. The number of ether oxygens (including phenoxy) is 1. The van der Waals surface area contributed by atoms with Crippen LogP contribution in [0.5, 0.6) is 0 Å². The van der Waals surface area contributed by atoms with Crippen LogP contribution in [0.3, 0.4) is 0 Å². The Labute approximate surface area is 132 Å². The van der Waals surface area contributed by atoms with Gasteiger partial charge in [-0.25, -0.2) is 22.4 Å². The summed E-state index contributed by atoms with van der Waals surface area (Å²) in [5.41, 5.74) is 0. The quantitative estimate of drug-likeness (QED) is 0.423. The molecule has 2 aliphatic carbocycles. The minimum absolute atomic E-state index is 0.438. The van der Waals surface area contributed by atoms with Crippen LogP contribution in [-0.4, -0.2) is 30.6 Å². The lowest BCUT2D eigenvalue weighted by molar-refractivity contribution is -0.152. The van der Waals surface area contributed by atoms with E-state index in [-0.39, 0.29) is 0 Å². The van der Waals surface area contributed by atoms with Crippen LogP contribution in [0.4, 0.5) is 22.0 Å². The Kier molecular flexibility index (Phi) is 6.03. The van der Waals surface area contributed by atoms with E-state index in [9.17, 15) is 26.7 Å². The Morgan fingerprint density at radius 2 is 1.48 bits per heavy atom. The number of carbonyl (C=O) groups is 1. The zero-order valence-electron chi connectivity index (χ0n) is 12.9. The number of rotatable bonds is 3. The summed E-state index contributed by atoms with van der Waals surface area (Å²) in [6.45, 7) is 2.02. The molecular weight excluding hydrogens is 319 g/mol. The second-order valence-corrected chi connectivity index (χ2v) is 6.59. The molecule has 2 saturated carbocycles. The summed E-state index contributed by atoms with van der Waals surface area (Å²) in [5, 5.41) is 0. The molecule has 0 aliphatic heterocycles. The molecule has 0 spiro atoms. The molecule has 2 unspecified atom stereocenters. The maximum Gasteiger partial charge on any atom is 0.370 e. The highest BCUT2D eigenvalue weighted by Crippen LogP contribution is 2.36. The lowest BCUT2D eigenvalue weighted by atomic mass is 9.82. The van der Waals surface area contributed by atoms with Gasteiger partial charge in [-0.3, -0.25) is 0 Å². The van der Waals surface area contributed by atoms with E-state index in [2.05, 4.69) is 4.74 Å². The third-order valence-electron chi connectivity index (χ3n) is 4.70. The van der Waals surface area contributed by atoms with Crippen molar-refractivity contribution in [1.82, 2.24) is 0 Å². The second kappa shape index (κ2) is 7.62. The summed E-state index contributed by atoms with van der Waals surface area (Å²) in [4.78, 5) is 11.6. The molecule has 2 aliphatic rings. The number of carbonyl (C=O) groups excluding carboxylic acids is 1. The molecule has 0 aromatic carbocycles. The fraction of sp³-hybridized carbons (Fsp3) is 0.812. The van der Waals surface area contributed by atoms with Crippen molar-refractivity contribution in [2.45, 2.75) is 70.1 Å². The van der Waals surface area contributed by atoms with Gasteiger partial charge in [-0.1, -0.05) is 19.8 Å². The predicted octanol–water partition coefficient (Wildman–Crippen LogP) is 4.68. The monoisotopic (exact) mass is 340 g/mol. The first kappa shape index (κ1) is 18.2. The van der Waals surface area contributed by atoms with Crippen molar-refractivity contribution in [1.29, 1.82) is 0 Å². The van der Waals surface area contributed by atoms with Crippen LogP contribution < -0.4 is 0 Å². The minimum Gasteiger partial charge on any atom is -0.457 e. The van der Waals surface area contributed by atoms with E-state index in [1.807, 2.05) is 6.92 Å². The number of alkyl halides is 3. The molecule has 7 heteroatoms. The van der Waals surface area contributed by atoms with Crippen molar-refractivity contribution in [3.05, 3.63) is 11.7 Å². The Balaban J connectivity index is 1.95. The fourth-order valence-electron chi connectivity index (χ4n) is 3.17. The van der Waals surface area contributed by atoms with Crippen LogP contribution in [0.2, 0.25) is 0 Å². The molecular formula is C16H21F5O2. The normalized spacial score (nSPS) is 39.6. The Bertz CT molecular complexity index is 447. The van der Waals surface area contributed by atoms with Gasteiger partial charge in [0.05, 0.1) is 0 Å². The molecule has 0 radical (unpaired) electrons. The molecule has 23 heavy (non-hydrogen) atoms. The summed E-state index contributed by atoms with van der Waals surface area (Å²) in [6.07, 6.45) is -6.52. The van der Waals surface area contributed by atoms with E-state index >= 15 is 0 Å². The van der Waals surface area contributed by atoms with Crippen molar-refractivity contribution in [3.8, 4) is 0 Å². The van der Waals surface area contributed by atoms with Gasteiger partial charge in [0.15, 0.2) is 6.17 Å². The van der Waals surface area contributed by atoms with E-state index < -0.39 is 61.0 Å². The van der Waals surface area contributed by atoms with E-state index in [1.54, 1.807) is 0 Å². The molecule has 0 amide bonds. The van der Waals surface area contributed by atoms with Crippen LogP contribution >= 0.6 is 0 Å². The third-order valence-corrected chi connectivity index (χ3v) is 4.70. The highest BCUT2D eigenvalue weighted by atomic mass is 19.2. The van der Waals surface area contributed by atoms with E-state index in [4.69, 9.17) is 0 Å². The van der Waals surface area contributed by atoms with Crippen LogP contribution in [0, 0.1) is 11.8 Å². The van der Waals surface area contributed by atoms with Gasteiger partial charge in [-0.05, 0) is 18.8 Å². The Morgan fingerprint density at radius 3 is 2.00 bits per heavy atom. The molecule has 132 valence electrons. The third kappa shape index (κ3) is 4.44. The van der Waals surface area contributed by atoms with Gasteiger partial charge in [0.1, 0.15) is 24.3 Å². The molecule has 0 aromatic rings. The first-order valence-electron chi connectivity index (χ1n) is 7.98. The van der Waals surface area contributed by atoms with E-state index in [0.29, 0.717) is 18.8 Å². The van der Waals surface area contributed by atoms with Crippen molar-refractivity contribution in [2.75, 3.05) is 0 Å². The van der Waals surface area contributed by atoms with Crippen molar-refractivity contribution in [3.63, 3.8) is 0 Å². The Morgan fingerprint density at radius 1 is 0.957 bits per heavy atom. The van der Waals surface area contributed by atoms with Gasteiger partial charge >= 0.3 is 5.97 Å². The first-order valence-corrected chi connectivity index (χ1v) is 7.98. The minimum atomic E-state index is -2.27. The molecule has 0 aromatic heterocycles. The molecule has 0 heterocycles. The number of halogens is 5. The highest BCUT2D eigenvalue weighted by molar-refractivity contribution is 5.86. The lowest BCUT2D eigenvalue weighted by Crippen LogP contribution is -2.41. The maximum absolute atomic E-state index is 14.0. The predicted molar refractivity (Wildman–Crippen MR) is 74.2 cm³/mol. The zero-order chi connectivity index (χ0) is 17.1. The van der Waals surface area contributed by atoms with Gasteiger partial charge < -0.3 is 4.74 Å². The summed E-state index contributed by atoms with van der Waals surface area (Å²) < 4.78 is 72.0. The standard InChI is InChI=1S/C16H21F5O2/c1-8-2-4-9(5-3-8)13(19)15(21)16(22)23-10-6-11(17)14(20)12(18)7-10/h8-12,14H,2-7H2,1H3/b15-13+. The largest absolute Gasteiger partial charge is 0.457 e. The van der Waals surface area contributed by atoms with Gasteiger partial charge in [0.2, 0.25) is 5.83 Å². The van der Waals surface area contributed by atoms with Crippen molar-refractivity contribution >= 4 is 5.97 Å². The van der Waals surface area contributed by atoms with Crippen molar-refractivity contribution in [2.24, 2.45) is 11.8 Å². The van der Waals surface area contributed by atoms with Crippen LogP contribution in [-0.2, 0) is 9.53 Å². The van der Waals surface area contributed by atoms with Gasteiger partial charge in [-0.2, -0.15) is 4.39 Å². The van der Waals surface area contributed by atoms with Gasteiger partial charge in [0.25, 0.3) is 0 Å². The van der Waals surface area contributed by atoms with E-state index in [0.717, 1.165) is 12.8 Å². The fourth-order valence-corrected chi connectivity index (χ4v) is 3.17. The molecule has 2 nitrogen and oxygen atoms in total. The average molecular weight is 340 g/mol. The lowest BCUT2D eigenvalue weighted by Gasteiger charge is -2.29. The van der Waals surface area contributed by atoms with Crippen LogP contribution in [0.15, 0.2) is 11.7 Å². The van der Waals surface area contributed by atoms with Crippen molar-refractivity contribution < 1.29 is 31.5 Å². The Hall–Kier alpha value is -1.14. The van der Waals surface area contributed by atoms with Gasteiger partial charge in [-0.15, -0.1) is 0 Å². The zero-order valence-corrected chi connectivity index (χ0v) is 12.9. The average Bonchev–Trinajstić information content (AvgIpc) is 2.51. The molecule has 2 atom stereocenters. The molecule has 2 rings (SSSR count). The molecule has 0 bridgehead atoms. The molecule has 2 fully saturated rings. The summed E-state index contributed by atoms with van der Waals surface area (Å²) in [6, 6.07) is 0. The number of hydrogen-bond acceptors (Lipinski definition) is 2. The summed E-state index contributed by atoms with van der Waals surface area (Å²) >= 11 is 0. The number of allylic oxidation sites excluding steroid dienone is 1. The van der Waals surface area contributed by atoms with Crippen LogP contribution in [0.1, 0.15) is 45.4 Å². The summed E-state index contributed by atoms with van der Waals surface area (Å²) in [7, 11) is 0. The SMILES string of the molecule is CC1CCC(/C(F)=C(\F)C(=O)OC2CC(F)C(F)C(F)C2)CC1. The maximum atomic E-state index is 14.0. The first-order chi connectivity index (χ1) is 10.8. The highest BCUT2D eigenvalue weighted by Gasteiger charge is 2.41. The van der Waals surface area contributed by atoms with Crippen LogP contribution in [0.25, 0.3) is 0 Å². The van der Waals surface area contributed by atoms with Gasteiger partial charge in [0, 0.05) is 18.8 Å². The number of hydrogen-bond donors (Lipinski definition) is 0.